The molecule has 0 radical (unpaired) electrons. The topological polar surface area (TPSA) is 60.9 Å². The lowest BCUT2D eigenvalue weighted by Crippen LogP contribution is -2.47. The van der Waals surface area contributed by atoms with Crippen molar-refractivity contribution in [3.05, 3.63) is 0 Å². The molecular weight excluding hydrogens is 216 g/mol. The van der Waals surface area contributed by atoms with Gasteiger partial charge in [0.25, 0.3) is 0 Å². The second-order valence-corrected chi connectivity index (χ2v) is 4.17. The monoisotopic (exact) mass is 228 g/mol. The van der Waals surface area contributed by atoms with Crippen LogP contribution in [-0.2, 0) is 4.79 Å². The first-order valence-corrected chi connectivity index (χ1v) is 5.49. The predicted octanol–water partition coefficient (Wildman–Crippen LogP) is 0.131. The summed E-state index contributed by atoms with van der Waals surface area (Å²) in [5.41, 5.74) is 0. The molecule has 0 spiro atoms. The lowest BCUT2D eigenvalue weighted by molar-refractivity contribution is -0.140. The molecule has 6 heteroatoms. The molecule has 0 bridgehead atoms. The number of carbonyl (C=O) groups is 2. The fraction of sp³-hybridized carbons (Fsp3) is 0.556. The SMILES string of the molecule is C#CCN(C)C(=O)N1CSCC1C(=O)O. The first-order chi connectivity index (χ1) is 7.07. The van der Waals surface area contributed by atoms with Crippen LogP contribution in [0.1, 0.15) is 0 Å². The average molecular weight is 228 g/mol. The molecule has 1 saturated heterocycles. The third-order valence-electron chi connectivity index (χ3n) is 2.07. The summed E-state index contributed by atoms with van der Waals surface area (Å²) in [4.78, 5) is 25.2. The predicted molar refractivity (Wildman–Crippen MR) is 57.4 cm³/mol. The lowest BCUT2D eigenvalue weighted by Gasteiger charge is -2.25. The number of terminal acetylenes is 1. The highest BCUT2D eigenvalue weighted by molar-refractivity contribution is 7.99. The zero-order valence-electron chi connectivity index (χ0n) is 8.34. The summed E-state index contributed by atoms with van der Waals surface area (Å²) in [6.45, 7) is 0.187. The van der Waals surface area contributed by atoms with Gasteiger partial charge in [-0.2, -0.15) is 0 Å². The molecule has 1 heterocycles. The number of hydrogen-bond donors (Lipinski definition) is 1. The van der Waals surface area contributed by atoms with Crippen LogP contribution in [0.25, 0.3) is 0 Å². The highest BCUT2D eigenvalue weighted by Gasteiger charge is 2.35. The third-order valence-corrected chi connectivity index (χ3v) is 3.08. The number of hydrogen-bond acceptors (Lipinski definition) is 3. The molecule has 82 valence electrons. The zero-order chi connectivity index (χ0) is 11.4. The van der Waals surface area contributed by atoms with E-state index in [0.29, 0.717) is 11.6 Å². The molecular formula is C9H12N2O3S. The van der Waals surface area contributed by atoms with Crippen LogP contribution in [0.15, 0.2) is 0 Å². The lowest BCUT2D eigenvalue weighted by atomic mass is 10.3. The van der Waals surface area contributed by atoms with Crippen molar-refractivity contribution >= 4 is 23.8 Å². The summed E-state index contributed by atoms with van der Waals surface area (Å²) in [5, 5.41) is 8.88. The second kappa shape index (κ2) is 4.94. The normalized spacial score (nSPS) is 19.7. The van der Waals surface area contributed by atoms with E-state index in [1.807, 2.05) is 0 Å². The molecule has 0 aliphatic carbocycles. The van der Waals surface area contributed by atoms with Crippen LogP contribution in [0.2, 0.25) is 0 Å². The maximum atomic E-state index is 11.7. The number of carboxylic acids is 1. The molecule has 1 rings (SSSR count). The van der Waals surface area contributed by atoms with Crippen LogP contribution in [0.4, 0.5) is 4.79 Å². The molecule has 1 aliphatic rings. The summed E-state index contributed by atoms with van der Waals surface area (Å²) >= 11 is 1.43. The molecule has 0 saturated carbocycles. The van der Waals surface area contributed by atoms with Crippen LogP contribution in [0, 0.1) is 12.3 Å². The Bertz CT molecular complexity index is 313. The van der Waals surface area contributed by atoms with E-state index in [1.54, 1.807) is 7.05 Å². The summed E-state index contributed by atoms with van der Waals surface area (Å²) < 4.78 is 0. The standard InChI is InChI=1S/C9H12N2O3S/c1-3-4-10(2)9(14)11-6-15-5-7(11)8(12)13/h1,7H,4-6H2,2H3,(H,12,13). The molecule has 5 nitrogen and oxygen atoms in total. The molecule has 1 fully saturated rings. The van der Waals surface area contributed by atoms with E-state index in [0.717, 1.165) is 0 Å². The van der Waals surface area contributed by atoms with Crippen molar-refractivity contribution in [2.45, 2.75) is 6.04 Å². The van der Waals surface area contributed by atoms with Crippen LogP contribution < -0.4 is 0 Å². The number of carboxylic acid groups (broad SMARTS) is 1. The second-order valence-electron chi connectivity index (χ2n) is 3.17. The Hall–Kier alpha value is -1.35. The van der Waals surface area contributed by atoms with Gasteiger partial charge in [-0.15, -0.1) is 18.2 Å². The van der Waals surface area contributed by atoms with Crippen molar-refractivity contribution in [2.75, 3.05) is 25.2 Å². The Morgan fingerprint density at radius 2 is 2.40 bits per heavy atom. The van der Waals surface area contributed by atoms with E-state index in [2.05, 4.69) is 5.92 Å². The number of rotatable bonds is 2. The molecule has 1 atom stereocenters. The van der Waals surface area contributed by atoms with Crippen LogP contribution in [0.3, 0.4) is 0 Å². The first kappa shape index (κ1) is 11.7. The molecule has 15 heavy (non-hydrogen) atoms. The molecule has 1 aliphatic heterocycles. The van der Waals surface area contributed by atoms with Crippen LogP contribution in [-0.4, -0.2) is 58.2 Å². The number of urea groups is 1. The Kier molecular flexibility index (Phi) is 3.86. The zero-order valence-corrected chi connectivity index (χ0v) is 9.16. The molecule has 0 aromatic carbocycles. The van der Waals surface area contributed by atoms with Crippen molar-refractivity contribution in [1.82, 2.24) is 9.80 Å². The van der Waals surface area contributed by atoms with Gasteiger partial charge >= 0.3 is 12.0 Å². The van der Waals surface area contributed by atoms with Gasteiger partial charge in [-0.05, 0) is 0 Å². The van der Waals surface area contributed by atoms with E-state index in [-0.39, 0.29) is 12.6 Å². The Morgan fingerprint density at radius 1 is 1.73 bits per heavy atom. The van der Waals surface area contributed by atoms with Gasteiger partial charge in [0.1, 0.15) is 6.04 Å². The van der Waals surface area contributed by atoms with Gasteiger partial charge in [-0.1, -0.05) is 5.92 Å². The number of amides is 2. The van der Waals surface area contributed by atoms with E-state index in [4.69, 9.17) is 11.5 Å². The maximum Gasteiger partial charge on any atom is 0.327 e. The average Bonchev–Trinajstić information content (AvgIpc) is 2.65. The summed E-state index contributed by atoms with van der Waals surface area (Å²) in [5.74, 6) is 2.21. The van der Waals surface area contributed by atoms with Crippen LogP contribution >= 0.6 is 11.8 Å². The third kappa shape index (κ3) is 2.57. The minimum Gasteiger partial charge on any atom is -0.480 e. The number of carbonyl (C=O) groups excluding carboxylic acids is 1. The van der Waals surface area contributed by atoms with Gasteiger partial charge in [0.15, 0.2) is 0 Å². The molecule has 0 aromatic rings. The number of nitrogens with zero attached hydrogens (tertiary/aromatic N) is 2. The molecule has 2 amide bonds. The number of thioether (sulfide) groups is 1. The van der Waals surface area contributed by atoms with E-state index in [9.17, 15) is 9.59 Å². The highest BCUT2D eigenvalue weighted by atomic mass is 32.2. The van der Waals surface area contributed by atoms with Crippen LogP contribution in [0.5, 0.6) is 0 Å². The Morgan fingerprint density at radius 3 is 2.93 bits per heavy atom. The fourth-order valence-electron chi connectivity index (χ4n) is 1.26. The quantitative estimate of drug-likeness (QED) is 0.682. The van der Waals surface area contributed by atoms with Gasteiger partial charge in [0, 0.05) is 12.8 Å². The first-order valence-electron chi connectivity index (χ1n) is 4.33. The van der Waals surface area contributed by atoms with Crippen molar-refractivity contribution in [1.29, 1.82) is 0 Å². The molecule has 1 unspecified atom stereocenters. The molecule has 0 aromatic heterocycles. The summed E-state index contributed by atoms with van der Waals surface area (Å²) in [7, 11) is 1.56. The minimum absolute atomic E-state index is 0.187. The van der Waals surface area contributed by atoms with Gasteiger partial charge in [0.2, 0.25) is 0 Å². The van der Waals surface area contributed by atoms with Crippen molar-refractivity contribution < 1.29 is 14.7 Å². The molecule has 1 N–H and O–H groups in total. The fourth-order valence-corrected chi connectivity index (χ4v) is 2.40. The van der Waals surface area contributed by atoms with Gasteiger partial charge < -0.3 is 14.9 Å². The Balaban J connectivity index is 2.67. The summed E-state index contributed by atoms with van der Waals surface area (Å²) in [6, 6.07) is -1.06. The van der Waals surface area contributed by atoms with E-state index >= 15 is 0 Å². The van der Waals surface area contributed by atoms with E-state index in [1.165, 1.54) is 21.6 Å². The van der Waals surface area contributed by atoms with Gasteiger partial charge in [-0.25, -0.2) is 9.59 Å². The highest BCUT2D eigenvalue weighted by Crippen LogP contribution is 2.21. The van der Waals surface area contributed by atoms with Crippen molar-refractivity contribution in [3.63, 3.8) is 0 Å². The van der Waals surface area contributed by atoms with Crippen molar-refractivity contribution in [3.8, 4) is 12.3 Å². The smallest absolute Gasteiger partial charge is 0.327 e. The largest absolute Gasteiger partial charge is 0.480 e. The van der Waals surface area contributed by atoms with Crippen molar-refractivity contribution in [2.24, 2.45) is 0 Å². The minimum atomic E-state index is -0.970. The number of aliphatic carboxylic acids is 1. The maximum absolute atomic E-state index is 11.7. The Labute approximate surface area is 92.4 Å². The van der Waals surface area contributed by atoms with E-state index < -0.39 is 12.0 Å². The van der Waals surface area contributed by atoms with Gasteiger partial charge in [-0.3, -0.25) is 0 Å². The van der Waals surface area contributed by atoms with Gasteiger partial charge in [0.05, 0.1) is 12.4 Å². The summed E-state index contributed by atoms with van der Waals surface area (Å²) in [6.07, 6.45) is 5.08.